The molecule has 14 heavy (non-hydrogen) atoms. The molecule has 0 radical (unpaired) electrons. The molecule has 0 fully saturated rings. The SMILES string of the molecule is Cc1ccn(-c2nccc(CN)n2)n1. The van der Waals surface area contributed by atoms with Crippen molar-refractivity contribution in [1.29, 1.82) is 0 Å². The van der Waals surface area contributed by atoms with Gasteiger partial charge in [0, 0.05) is 18.9 Å². The summed E-state index contributed by atoms with van der Waals surface area (Å²) in [6.45, 7) is 2.33. The van der Waals surface area contributed by atoms with Crippen molar-refractivity contribution in [3.63, 3.8) is 0 Å². The van der Waals surface area contributed by atoms with E-state index in [1.165, 1.54) is 0 Å². The molecular weight excluding hydrogens is 178 g/mol. The molecule has 0 aliphatic heterocycles. The van der Waals surface area contributed by atoms with E-state index >= 15 is 0 Å². The molecule has 2 aromatic rings. The van der Waals surface area contributed by atoms with Crippen LogP contribution >= 0.6 is 0 Å². The lowest BCUT2D eigenvalue weighted by atomic mass is 10.4. The molecule has 0 spiro atoms. The molecule has 0 unspecified atom stereocenters. The molecule has 72 valence electrons. The minimum absolute atomic E-state index is 0.412. The lowest BCUT2D eigenvalue weighted by molar-refractivity contribution is 0.781. The van der Waals surface area contributed by atoms with Crippen LogP contribution in [0.3, 0.4) is 0 Å². The highest BCUT2D eigenvalue weighted by atomic mass is 15.3. The Balaban J connectivity index is 2.41. The molecule has 2 N–H and O–H groups in total. The first-order valence-corrected chi connectivity index (χ1v) is 4.34. The van der Waals surface area contributed by atoms with Crippen molar-refractivity contribution in [1.82, 2.24) is 19.7 Å². The van der Waals surface area contributed by atoms with Gasteiger partial charge in [-0.3, -0.25) is 0 Å². The van der Waals surface area contributed by atoms with E-state index in [2.05, 4.69) is 15.1 Å². The summed E-state index contributed by atoms with van der Waals surface area (Å²) in [6, 6.07) is 3.69. The van der Waals surface area contributed by atoms with Crippen LogP contribution < -0.4 is 5.73 Å². The van der Waals surface area contributed by atoms with Crippen LogP contribution in [0.5, 0.6) is 0 Å². The maximum Gasteiger partial charge on any atom is 0.250 e. The number of rotatable bonds is 2. The molecule has 5 heteroatoms. The van der Waals surface area contributed by atoms with E-state index in [0.29, 0.717) is 12.5 Å². The molecule has 5 nitrogen and oxygen atoms in total. The van der Waals surface area contributed by atoms with E-state index < -0.39 is 0 Å². The Kier molecular flexibility index (Phi) is 2.24. The highest BCUT2D eigenvalue weighted by molar-refractivity contribution is 5.14. The van der Waals surface area contributed by atoms with E-state index in [9.17, 15) is 0 Å². The average molecular weight is 189 g/mol. The summed E-state index contributed by atoms with van der Waals surface area (Å²) >= 11 is 0. The molecular formula is C9H11N5. The van der Waals surface area contributed by atoms with Crippen LogP contribution in [0.4, 0.5) is 0 Å². The standard InChI is InChI=1S/C9H11N5/c1-7-3-5-14(13-7)9-11-4-2-8(6-10)12-9/h2-5H,6,10H2,1H3. The molecule has 0 aromatic carbocycles. The van der Waals surface area contributed by atoms with Crippen molar-refractivity contribution in [2.24, 2.45) is 5.73 Å². The molecule has 0 saturated carbocycles. The number of hydrogen-bond donors (Lipinski definition) is 1. The third kappa shape index (κ3) is 1.62. The Morgan fingerprint density at radius 2 is 2.29 bits per heavy atom. The van der Waals surface area contributed by atoms with Gasteiger partial charge in [-0.1, -0.05) is 0 Å². The van der Waals surface area contributed by atoms with Crippen LogP contribution in [0, 0.1) is 6.92 Å². The van der Waals surface area contributed by atoms with E-state index in [0.717, 1.165) is 11.4 Å². The second-order valence-electron chi connectivity index (χ2n) is 2.95. The van der Waals surface area contributed by atoms with Gasteiger partial charge < -0.3 is 5.73 Å². The van der Waals surface area contributed by atoms with E-state index in [4.69, 9.17) is 5.73 Å². The van der Waals surface area contributed by atoms with Gasteiger partial charge in [-0.25, -0.2) is 14.6 Å². The number of aryl methyl sites for hydroxylation is 1. The number of nitrogens with two attached hydrogens (primary N) is 1. The van der Waals surface area contributed by atoms with Crippen LogP contribution in [0.25, 0.3) is 5.95 Å². The number of hydrogen-bond acceptors (Lipinski definition) is 4. The fourth-order valence-corrected chi connectivity index (χ4v) is 1.14. The average Bonchev–Trinajstić information content (AvgIpc) is 2.65. The minimum atomic E-state index is 0.412. The Bertz CT molecular complexity index is 434. The molecule has 2 aromatic heterocycles. The molecule has 2 rings (SSSR count). The quantitative estimate of drug-likeness (QED) is 0.743. The Morgan fingerprint density at radius 1 is 1.43 bits per heavy atom. The third-order valence-corrected chi connectivity index (χ3v) is 1.84. The van der Waals surface area contributed by atoms with Gasteiger partial charge in [-0.2, -0.15) is 5.10 Å². The van der Waals surface area contributed by atoms with Gasteiger partial charge in [0.05, 0.1) is 11.4 Å². The molecule has 0 aliphatic rings. The Morgan fingerprint density at radius 3 is 2.93 bits per heavy atom. The lowest BCUT2D eigenvalue weighted by Gasteiger charge is -2.00. The predicted molar refractivity (Wildman–Crippen MR) is 51.8 cm³/mol. The zero-order chi connectivity index (χ0) is 9.97. The summed E-state index contributed by atoms with van der Waals surface area (Å²) in [5.41, 5.74) is 7.23. The molecule has 0 saturated heterocycles. The lowest BCUT2D eigenvalue weighted by Crippen LogP contribution is -2.06. The van der Waals surface area contributed by atoms with Crippen LogP contribution in [0.2, 0.25) is 0 Å². The number of aromatic nitrogens is 4. The summed E-state index contributed by atoms with van der Waals surface area (Å²) in [4.78, 5) is 8.34. The van der Waals surface area contributed by atoms with Gasteiger partial charge in [0.2, 0.25) is 0 Å². The van der Waals surface area contributed by atoms with Crippen molar-refractivity contribution in [2.75, 3.05) is 0 Å². The highest BCUT2D eigenvalue weighted by Gasteiger charge is 2.01. The van der Waals surface area contributed by atoms with Crippen molar-refractivity contribution in [2.45, 2.75) is 13.5 Å². The first kappa shape index (κ1) is 8.83. The fourth-order valence-electron chi connectivity index (χ4n) is 1.14. The number of nitrogens with zero attached hydrogens (tertiary/aromatic N) is 4. The second kappa shape index (κ2) is 3.55. The fraction of sp³-hybridized carbons (Fsp3) is 0.222. The van der Waals surface area contributed by atoms with Gasteiger partial charge in [-0.05, 0) is 19.1 Å². The van der Waals surface area contributed by atoms with Gasteiger partial charge >= 0.3 is 0 Å². The first-order chi connectivity index (χ1) is 6.79. The normalized spacial score (nSPS) is 10.4. The van der Waals surface area contributed by atoms with Crippen molar-refractivity contribution >= 4 is 0 Å². The van der Waals surface area contributed by atoms with Gasteiger partial charge in [0.25, 0.3) is 5.95 Å². The van der Waals surface area contributed by atoms with Crippen molar-refractivity contribution in [3.05, 3.63) is 35.9 Å². The first-order valence-electron chi connectivity index (χ1n) is 4.34. The van der Waals surface area contributed by atoms with Crippen molar-refractivity contribution in [3.8, 4) is 5.95 Å². The molecule has 0 amide bonds. The van der Waals surface area contributed by atoms with Crippen LogP contribution in [0.15, 0.2) is 24.5 Å². The van der Waals surface area contributed by atoms with Crippen LogP contribution in [0.1, 0.15) is 11.4 Å². The summed E-state index contributed by atoms with van der Waals surface area (Å²) in [5.74, 6) is 0.557. The second-order valence-corrected chi connectivity index (χ2v) is 2.95. The molecule has 0 atom stereocenters. The Hall–Kier alpha value is -1.75. The van der Waals surface area contributed by atoms with E-state index in [1.54, 1.807) is 16.9 Å². The maximum absolute atomic E-state index is 5.48. The van der Waals surface area contributed by atoms with E-state index in [1.807, 2.05) is 19.2 Å². The molecule has 0 aliphatic carbocycles. The predicted octanol–water partition coefficient (Wildman–Crippen LogP) is 0.429. The summed E-state index contributed by atoms with van der Waals surface area (Å²) in [7, 11) is 0. The third-order valence-electron chi connectivity index (χ3n) is 1.84. The summed E-state index contributed by atoms with van der Waals surface area (Å²) < 4.78 is 1.63. The van der Waals surface area contributed by atoms with Crippen LogP contribution in [-0.4, -0.2) is 19.7 Å². The summed E-state index contributed by atoms with van der Waals surface area (Å²) in [5, 5.41) is 4.21. The maximum atomic E-state index is 5.48. The van der Waals surface area contributed by atoms with Crippen molar-refractivity contribution < 1.29 is 0 Å². The van der Waals surface area contributed by atoms with Gasteiger partial charge in [-0.15, -0.1) is 0 Å². The zero-order valence-corrected chi connectivity index (χ0v) is 7.88. The molecule has 0 bridgehead atoms. The van der Waals surface area contributed by atoms with Gasteiger partial charge in [0.1, 0.15) is 0 Å². The minimum Gasteiger partial charge on any atom is -0.325 e. The Labute approximate surface area is 81.6 Å². The molecule has 2 heterocycles. The zero-order valence-electron chi connectivity index (χ0n) is 7.88. The van der Waals surface area contributed by atoms with E-state index in [-0.39, 0.29) is 0 Å². The monoisotopic (exact) mass is 189 g/mol. The highest BCUT2D eigenvalue weighted by Crippen LogP contribution is 2.01. The summed E-state index contributed by atoms with van der Waals surface area (Å²) in [6.07, 6.45) is 3.51. The van der Waals surface area contributed by atoms with Crippen LogP contribution in [-0.2, 0) is 6.54 Å². The smallest absolute Gasteiger partial charge is 0.250 e. The van der Waals surface area contributed by atoms with Gasteiger partial charge in [0.15, 0.2) is 0 Å². The largest absolute Gasteiger partial charge is 0.325 e. The topological polar surface area (TPSA) is 69.6 Å².